The van der Waals surface area contributed by atoms with Crippen LogP contribution < -0.4 is 5.32 Å². The van der Waals surface area contributed by atoms with Gasteiger partial charge < -0.3 is 10.3 Å². The zero-order chi connectivity index (χ0) is 13.6. The van der Waals surface area contributed by atoms with Gasteiger partial charge in [-0.15, -0.1) is 0 Å². The Balaban J connectivity index is 2.14. The number of hydrogen-bond acceptors (Lipinski definition) is 1. The summed E-state index contributed by atoms with van der Waals surface area (Å²) in [5, 5.41) is 3.48. The molecule has 4 heteroatoms. The Morgan fingerprint density at radius 1 is 1.16 bits per heavy atom. The summed E-state index contributed by atoms with van der Waals surface area (Å²) < 4.78 is 0. The number of carbonyl (C=O) groups is 1. The van der Waals surface area contributed by atoms with Crippen molar-refractivity contribution >= 4 is 34.8 Å². The molecule has 0 radical (unpaired) electrons. The van der Waals surface area contributed by atoms with Gasteiger partial charge in [-0.25, -0.2) is 0 Å². The van der Waals surface area contributed by atoms with E-state index in [0.29, 0.717) is 10.7 Å². The van der Waals surface area contributed by atoms with Gasteiger partial charge in [0.2, 0.25) is 0 Å². The Labute approximate surface area is 116 Å². The molecule has 3 rings (SSSR count). The molecule has 0 atom stereocenters. The second-order valence-corrected chi connectivity index (χ2v) is 5.04. The van der Waals surface area contributed by atoms with Crippen LogP contribution in [-0.4, -0.2) is 10.9 Å². The van der Waals surface area contributed by atoms with Crippen molar-refractivity contribution in [3.63, 3.8) is 0 Å². The molecule has 0 aliphatic carbocycles. The minimum absolute atomic E-state index is 0.0797. The molecule has 0 saturated heterocycles. The molecule has 2 N–H and O–H groups in total. The largest absolute Gasteiger partial charge is 0.346 e. The maximum atomic E-state index is 12.0. The highest BCUT2D eigenvalue weighted by atomic mass is 35.5. The highest BCUT2D eigenvalue weighted by Gasteiger charge is 2.24. The average Bonchev–Trinajstić information content (AvgIpc) is 2.83. The number of hydrogen-bond donors (Lipinski definition) is 2. The maximum Gasteiger partial charge on any atom is 0.256 e. The fourth-order valence-electron chi connectivity index (χ4n) is 2.24. The highest BCUT2D eigenvalue weighted by Crippen LogP contribution is 2.33. The number of amides is 1. The van der Waals surface area contributed by atoms with Crippen LogP contribution in [0.4, 0.5) is 5.69 Å². The number of para-hydroxylation sites is 1. The molecule has 0 saturated carbocycles. The number of nitrogens with one attached hydrogen (secondary N) is 2. The van der Waals surface area contributed by atoms with Crippen LogP contribution in [0.15, 0.2) is 24.3 Å². The Hall–Kier alpha value is -2.00. The van der Waals surface area contributed by atoms with E-state index in [1.165, 1.54) is 0 Å². The predicted octanol–water partition coefficient (Wildman–Crippen LogP) is 3.78. The highest BCUT2D eigenvalue weighted by molar-refractivity contribution is 6.35. The fourth-order valence-corrected chi connectivity index (χ4v) is 2.49. The van der Waals surface area contributed by atoms with Crippen LogP contribution in [0.3, 0.4) is 0 Å². The van der Waals surface area contributed by atoms with Gasteiger partial charge in [0.05, 0.1) is 5.57 Å². The van der Waals surface area contributed by atoms with Crippen LogP contribution in [0.1, 0.15) is 22.4 Å². The van der Waals surface area contributed by atoms with Crippen molar-refractivity contribution in [2.75, 3.05) is 5.32 Å². The van der Waals surface area contributed by atoms with Gasteiger partial charge in [-0.3, -0.25) is 4.79 Å². The van der Waals surface area contributed by atoms with E-state index in [-0.39, 0.29) is 5.91 Å². The summed E-state index contributed by atoms with van der Waals surface area (Å²) in [7, 11) is 0. The average molecular weight is 273 g/mol. The summed E-state index contributed by atoms with van der Waals surface area (Å²) in [5.41, 5.74) is 5.40. The second kappa shape index (κ2) is 4.28. The Kier molecular flexibility index (Phi) is 2.72. The lowest BCUT2D eigenvalue weighted by atomic mass is 10.0. The topological polar surface area (TPSA) is 44.9 Å². The fraction of sp³-hybridized carbons (Fsp3) is 0.133. The monoisotopic (exact) mass is 272 g/mol. The lowest BCUT2D eigenvalue weighted by molar-refractivity contribution is -0.110. The minimum Gasteiger partial charge on any atom is -0.346 e. The van der Waals surface area contributed by atoms with Crippen molar-refractivity contribution in [1.82, 2.24) is 4.98 Å². The normalized spacial score (nSPS) is 15.7. The molecule has 0 spiro atoms. The lowest BCUT2D eigenvalue weighted by Gasteiger charge is -1.98. The van der Waals surface area contributed by atoms with Gasteiger partial charge >= 0.3 is 0 Å². The first-order chi connectivity index (χ1) is 9.08. The van der Waals surface area contributed by atoms with E-state index in [9.17, 15) is 4.79 Å². The molecule has 0 bridgehead atoms. The summed E-state index contributed by atoms with van der Waals surface area (Å²) in [6.45, 7) is 3.95. The van der Waals surface area contributed by atoms with E-state index in [2.05, 4.69) is 10.3 Å². The third-order valence-corrected chi connectivity index (χ3v) is 3.92. The number of fused-ring (bicyclic) bond motifs is 1. The zero-order valence-corrected chi connectivity index (χ0v) is 11.4. The van der Waals surface area contributed by atoms with E-state index in [0.717, 1.165) is 28.1 Å². The third kappa shape index (κ3) is 1.87. The van der Waals surface area contributed by atoms with Gasteiger partial charge in [-0.2, -0.15) is 0 Å². The van der Waals surface area contributed by atoms with Crippen LogP contribution in [0.25, 0.3) is 11.6 Å². The third-order valence-electron chi connectivity index (χ3n) is 3.54. The summed E-state index contributed by atoms with van der Waals surface area (Å²) in [6.07, 6.45) is 1.86. The van der Waals surface area contributed by atoms with Crippen molar-refractivity contribution < 1.29 is 4.79 Å². The first-order valence-electron chi connectivity index (χ1n) is 6.05. The molecule has 0 fully saturated rings. The van der Waals surface area contributed by atoms with Gasteiger partial charge in [-0.05, 0) is 37.1 Å². The quantitative estimate of drug-likeness (QED) is 0.763. The first-order valence-corrected chi connectivity index (χ1v) is 6.43. The maximum absolute atomic E-state index is 12.0. The van der Waals surface area contributed by atoms with Crippen LogP contribution in [0.2, 0.25) is 5.15 Å². The number of halogens is 1. The van der Waals surface area contributed by atoms with Crippen molar-refractivity contribution in [1.29, 1.82) is 0 Å². The number of rotatable bonds is 1. The summed E-state index contributed by atoms with van der Waals surface area (Å²) in [6, 6.07) is 7.66. The van der Waals surface area contributed by atoms with E-state index in [4.69, 9.17) is 11.6 Å². The van der Waals surface area contributed by atoms with Gasteiger partial charge in [-0.1, -0.05) is 29.8 Å². The zero-order valence-electron chi connectivity index (χ0n) is 10.7. The summed E-state index contributed by atoms with van der Waals surface area (Å²) in [4.78, 5) is 15.1. The van der Waals surface area contributed by atoms with E-state index < -0.39 is 0 Å². The molecule has 1 aromatic carbocycles. The van der Waals surface area contributed by atoms with Crippen molar-refractivity contribution in [3.05, 3.63) is 51.8 Å². The summed E-state index contributed by atoms with van der Waals surface area (Å²) in [5.74, 6) is -0.0797. The second-order valence-electron chi connectivity index (χ2n) is 4.66. The lowest BCUT2D eigenvalue weighted by Crippen LogP contribution is -2.03. The smallest absolute Gasteiger partial charge is 0.256 e. The van der Waals surface area contributed by atoms with Gasteiger partial charge in [0.25, 0.3) is 5.91 Å². The van der Waals surface area contributed by atoms with Gasteiger partial charge in [0.1, 0.15) is 5.15 Å². The van der Waals surface area contributed by atoms with Crippen molar-refractivity contribution in [2.45, 2.75) is 13.8 Å². The number of carbonyl (C=O) groups excluding carboxylic acids is 1. The molecule has 0 unspecified atom stereocenters. The molecular weight excluding hydrogens is 260 g/mol. The van der Waals surface area contributed by atoms with Gasteiger partial charge in [0.15, 0.2) is 0 Å². The molecule has 1 amide bonds. The summed E-state index contributed by atoms with van der Waals surface area (Å²) >= 11 is 6.07. The van der Waals surface area contributed by atoms with Crippen molar-refractivity contribution in [3.8, 4) is 0 Å². The number of benzene rings is 1. The van der Waals surface area contributed by atoms with Gasteiger partial charge in [0, 0.05) is 16.9 Å². The molecule has 3 nitrogen and oxygen atoms in total. The molecule has 19 heavy (non-hydrogen) atoms. The van der Waals surface area contributed by atoms with Crippen LogP contribution in [0.5, 0.6) is 0 Å². The van der Waals surface area contributed by atoms with E-state index in [1.54, 1.807) is 0 Å². The molecule has 1 aliphatic heterocycles. The number of aromatic amines is 1. The van der Waals surface area contributed by atoms with Crippen LogP contribution in [-0.2, 0) is 4.79 Å². The standard InChI is InChI=1S/C15H13ClN2O/c1-8-9(2)14(16)17-13(8)7-11-10-5-3-4-6-12(10)18-15(11)19/h3-7,17H,1-2H3,(H,18,19). The molecule has 2 heterocycles. The molecule has 1 aliphatic rings. The minimum atomic E-state index is -0.0797. The molecule has 2 aromatic rings. The van der Waals surface area contributed by atoms with E-state index in [1.807, 2.05) is 44.2 Å². The Morgan fingerprint density at radius 2 is 1.89 bits per heavy atom. The van der Waals surface area contributed by atoms with Crippen LogP contribution in [0, 0.1) is 13.8 Å². The molecule has 96 valence electrons. The number of H-pyrrole nitrogens is 1. The number of aromatic nitrogens is 1. The Morgan fingerprint density at radius 3 is 2.58 bits per heavy atom. The van der Waals surface area contributed by atoms with Crippen molar-refractivity contribution in [2.24, 2.45) is 0 Å². The van der Waals surface area contributed by atoms with Crippen LogP contribution >= 0.6 is 11.6 Å². The predicted molar refractivity (Wildman–Crippen MR) is 78.2 cm³/mol. The van der Waals surface area contributed by atoms with E-state index >= 15 is 0 Å². The Bertz CT molecular complexity index is 713. The molecule has 1 aromatic heterocycles. The first kappa shape index (κ1) is 12.1. The molecular formula is C15H13ClN2O. The SMILES string of the molecule is Cc1c(Cl)[nH]c(C=C2C(=O)Nc3ccccc32)c1C. The number of anilines is 1.